The molecule has 0 unspecified atom stereocenters. The molecule has 4 heteroatoms. The maximum absolute atomic E-state index is 4.51. The molecule has 4 rings (SSSR count). The number of piperidine rings is 2. The first-order valence-corrected chi connectivity index (χ1v) is 7.70. The first-order chi connectivity index (χ1) is 10.4. The Morgan fingerprint density at radius 1 is 0.714 bits per heavy atom. The van der Waals surface area contributed by atoms with Gasteiger partial charge in [0.1, 0.15) is 11.6 Å². The van der Waals surface area contributed by atoms with Gasteiger partial charge >= 0.3 is 0 Å². The van der Waals surface area contributed by atoms with Crippen molar-refractivity contribution in [1.82, 2.24) is 9.97 Å². The van der Waals surface area contributed by atoms with Gasteiger partial charge in [-0.25, -0.2) is 9.97 Å². The van der Waals surface area contributed by atoms with Gasteiger partial charge in [0.05, 0.1) is 0 Å². The van der Waals surface area contributed by atoms with Gasteiger partial charge in [0.15, 0.2) is 0 Å². The minimum Gasteiger partial charge on any atom is -0.356 e. The van der Waals surface area contributed by atoms with Crippen LogP contribution in [0.4, 0.5) is 11.6 Å². The molecule has 0 amide bonds. The number of anilines is 2. The van der Waals surface area contributed by atoms with Crippen molar-refractivity contribution < 1.29 is 0 Å². The lowest BCUT2D eigenvalue weighted by atomic mass is 9.84. The molecule has 2 aliphatic rings. The highest BCUT2D eigenvalue weighted by molar-refractivity contribution is 5.42. The topological polar surface area (TPSA) is 32.3 Å². The summed E-state index contributed by atoms with van der Waals surface area (Å²) in [6, 6.07) is 12.4. The van der Waals surface area contributed by atoms with Crippen LogP contribution in [-0.4, -0.2) is 36.1 Å². The Hall–Kier alpha value is -2.10. The van der Waals surface area contributed by atoms with Gasteiger partial charge in [-0.15, -0.1) is 0 Å². The predicted octanol–water partition coefficient (Wildman–Crippen LogP) is 2.44. The second-order valence-corrected chi connectivity index (χ2v) is 6.15. The monoisotopic (exact) mass is 280 g/mol. The van der Waals surface area contributed by atoms with Crippen LogP contribution >= 0.6 is 0 Å². The molecule has 2 aromatic rings. The number of hydrogen-bond donors (Lipinski definition) is 0. The summed E-state index contributed by atoms with van der Waals surface area (Å²) in [5, 5.41) is 0. The number of fused-ring (bicyclic) bond motifs is 2. The molecule has 2 aromatic heterocycles. The van der Waals surface area contributed by atoms with E-state index in [-0.39, 0.29) is 0 Å². The smallest absolute Gasteiger partial charge is 0.128 e. The van der Waals surface area contributed by atoms with E-state index in [1.165, 1.54) is 6.42 Å². The van der Waals surface area contributed by atoms with Crippen LogP contribution in [0.2, 0.25) is 0 Å². The van der Waals surface area contributed by atoms with Gasteiger partial charge in [0.2, 0.25) is 0 Å². The highest BCUT2D eigenvalue weighted by atomic mass is 15.3. The molecule has 4 heterocycles. The lowest BCUT2D eigenvalue weighted by Crippen LogP contribution is -2.53. The fourth-order valence-corrected chi connectivity index (χ4v) is 3.74. The molecule has 108 valence electrons. The Balaban J connectivity index is 1.50. The van der Waals surface area contributed by atoms with Crippen LogP contribution in [0.3, 0.4) is 0 Å². The van der Waals surface area contributed by atoms with E-state index in [0.717, 1.165) is 37.8 Å². The van der Waals surface area contributed by atoms with Crippen molar-refractivity contribution in [2.75, 3.05) is 36.0 Å². The van der Waals surface area contributed by atoms with Crippen molar-refractivity contribution in [3.8, 4) is 0 Å². The molecule has 2 fully saturated rings. The Bertz CT molecular complexity index is 521. The second kappa shape index (κ2) is 5.35. The first-order valence-electron chi connectivity index (χ1n) is 7.70. The molecule has 0 spiro atoms. The third-order valence-electron chi connectivity index (χ3n) is 4.53. The molecule has 2 aliphatic heterocycles. The molecule has 0 saturated carbocycles. The van der Waals surface area contributed by atoms with Gasteiger partial charge in [-0.3, -0.25) is 0 Å². The zero-order chi connectivity index (χ0) is 14.1. The minimum atomic E-state index is 0.710. The van der Waals surface area contributed by atoms with Gasteiger partial charge in [0, 0.05) is 38.6 Å². The quantitative estimate of drug-likeness (QED) is 0.846. The molecule has 0 aromatic carbocycles. The Morgan fingerprint density at radius 2 is 1.19 bits per heavy atom. The van der Waals surface area contributed by atoms with Crippen molar-refractivity contribution in [2.45, 2.75) is 6.42 Å². The summed E-state index contributed by atoms with van der Waals surface area (Å²) in [4.78, 5) is 13.9. The van der Waals surface area contributed by atoms with E-state index in [9.17, 15) is 0 Å². The van der Waals surface area contributed by atoms with E-state index in [0.29, 0.717) is 11.8 Å². The molecule has 0 aliphatic carbocycles. The SMILES string of the molecule is c1ccc(N2CC3CC(C2)CN(c2ccccn2)C3)nc1. The van der Waals surface area contributed by atoms with Gasteiger partial charge < -0.3 is 9.80 Å². The molecule has 2 bridgehead atoms. The standard InChI is InChI=1S/C17H20N4/c1-3-7-18-16(5-1)20-10-14-9-15(11-20)13-21(12-14)17-6-2-4-8-19-17/h1-8,14-15H,9-13H2. The lowest BCUT2D eigenvalue weighted by molar-refractivity contribution is 0.274. The number of nitrogens with zero attached hydrogens (tertiary/aromatic N) is 4. The fourth-order valence-electron chi connectivity index (χ4n) is 3.74. The molecular formula is C17H20N4. The first kappa shape index (κ1) is 12.6. The summed E-state index contributed by atoms with van der Waals surface area (Å²) in [7, 11) is 0. The summed E-state index contributed by atoms with van der Waals surface area (Å²) < 4.78 is 0. The van der Waals surface area contributed by atoms with Crippen molar-refractivity contribution in [3.63, 3.8) is 0 Å². The van der Waals surface area contributed by atoms with E-state index in [1.807, 2.05) is 24.5 Å². The van der Waals surface area contributed by atoms with Gasteiger partial charge in [0.25, 0.3) is 0 Å². The van der Waals surface area contributed by atoms with Crippen LogP contribution in [0.25, 0.3) is 0 Å². The summed E-state index contributed by atoms with van der Waals surface area (Å²) in [6.45, 7) is 4.43. The number of pyridine rings is 2. The van der Waals surface area contributed by atoms with Crippen molar-refractivity contribution >= 4 is 11.6 Å². The third-order valence-corrected chi connectivity index (χ3v) is 4.53. The fraction of sp³-hybridized carbons (Fsp3) is 0.412. The van der Waals surface area contributed by atoms with Crippen molar-refractivity contribution in [3.05, 3.63) is 48.8 Å². The average molecular weight is 280 g/mol. The van der Waals surface area contributed by atoms with Crippen LogP contribution in [-0.2, 0) is 0 Å². The van der Waals surface area contributed by atoms with E-state index in [4.69, 9.17) is 0 Å². The molecule has 0 atom stereocenters. The average Bonchev–Trinajstić information content (AvgIpc) is 2.55. The molecule has 0 radical (unpaired) electrons. The van der Waals surface area contributed by atoms with Gasteiger partial charge in [-0.2, -0.15) is 0 Å². The second-order valence-electron chi connectivity index (χ2n) is 6.15. The maximum Gasteiger partial charge on any atom is 0.128 e. The number of aromatic nitrogens is 2. The van der Waals surface area contributed by atoms with Crippen LogP contribution in [0.1, 0.15) is 6.42 Å². The Labute approximate surface area is 125 Å². The van der Waals surface area contributed by atoms with E-state index < -0.39 is 0 Å². The number of hydrogen-bond acceptors (Lipinski definition) is 4. The maximum atomic E-state index is 4.51. The van der Waals surface area contributed by atoms with Crippen molar-refractivity contribution in [2.24, 2.45) is 11.8 Å². The van der Waals surface area contributed by atoms with E-state index >= 15 is 0 Å². The lowest BCUT2D eigenvalue weighted by Gasteiger charge is -2.46. The minimum absolute atomic E-state index is 0.710. The highest BCUT2D eigenvalue weighted by Crippen LogP contribution is 2.32. The van der Waals surface area contributed by atoms with Gasteiger partial charge in [-0.1, -0.05) is 12.1 Å². The number of rotatable bonds is 2. The van der Waals surface area contributed by atoms with Crippen LogP contribution in [0.15, 0.2) is 48.8 Å². The largest absolute Gasteiger partial charge is 0.356 e. The molecule has 4 nitrogen and oxygen atoms in total. The third kappa shape index (κ3) is 2.58. The van der Waals surface area contributed by atoms with Crippen LogP contribution in [0.5, 0.6) is 0 Å². The Morgan fingerprint density at radius 3 is 1.57 bits per heavy atom. The summed E-state index contributed by atoms with van der Waals surface area (Å²) in [6.07, 6.45) is 5.12. The molecule has 21 heavy (non-hydrogen) atoms. The predicted molar refractivity (Wildman–Crippen MR) is 84.5 cm³/mol. The highest BCUT2D eigenvalue weighted by Gasteiger charge is 2.34. The zero-order valence-electron chi connectivity index (χ0n) is 12.1. The van der Waals surface area contributed by atoms with Gasteiger partial charge in [-0.05, 0) is 42.5 Å². The molecule has 2 saturated heterocycles. The van der Waals surface area contributed by atoms with E-state index in [1.54, 1.807) is 0 Å². The molecular weight excluding hydrogens is 260 g/mol. The summed E-state index contributed by atoms with van der Waals surface area (Å²) >= 11 is 0. The van der Waals surface area contributed by atoms with Crippen molar-refractivity contribution in [1.29, 1.82) is 0 Å². The normalized spacial score (nSPS) is 25.0. The summed E-state index contributed by atoms with van der Waals surface area (Å²) in [5.41, 5.74) is 0. The molecule has 0 N–H and O–H groups in total. The zero-order valence-corrected chi connectivity index (χ0v) is 12.1. The van der Waals surface area contributed by atoms with Crippen LogP contribution < -0.4 is 9.80 Å². The summed E-state index contributed by atoms with van der Waals surface area (Å²) in [5.74, 6) is 3.67. The Kier molecular flexibility index (Phi) is 3.22. The van der Waals surface area contributed by atoms with E-state index in [2.05, 4.69) is 44.0 Å². The van der Waals surface area contributed by atoms with Crippen LogP contribution in [0, 0.1) is 11.8 Å².